The highest BCUT2D eigenvalue weighted by Crippen LogP contribution is 2.51. The minimum absolute atomic E-state index is 0.135. The normalized spacial score (nSPS) is 22.4. The first-order valence-corrected chi connectivity index (χ1v) is 9.65. The summed E-state index contributed by atoms with van der Waals surface area (Å²) in [6, 6.07) is 19.5. The lowest BCUT2D eigenvalue weighted by Gasteiger charge is -2.38. The van der Waals surface area contributed by atoms with Gasteiger partial charge in [-0.3, -0.25) is 0 Å². The quantitative estimate of drug-likeness (QED) is 0.614. The molecule has 2 heterocycles. The van der Waals surface area contributed by atoms with Crippen LogP contribution in [0.3, 0.4) is 0 Å². The fourth-order valence-corrected chi connectivity index (χ4v) is 3.79. The summed E-state index contributed by atoms with van der Waals surface area (Å²) in [5.74, 6) is 0. The summed E-state index contributed by atoms with van der Waals surface area (Å²) in [4.78, 5) is 4.83. The summed E-state index contributed by atoms with van der Waals surface area (Å²) in [6.07, 6.45) is 5.89. The van der Waals surface area contributed by atoms with Crippen molar-refractivity contribution in [2.75, 3.05) is 9.80 Å². The van der Waals surface area contributed by atoms with E-state index < -0.39 is 0 Å². The first-order chi connectivity index (χ1) is 12.3. The Morgan fingerprint density at radius 3 is 2.00 bits per heavy atom. The first-order valence-electron chi connectivity index (χ1n) is 9.65. The molecule has 2 atom stereocenters. The number of rotatable bonds is 2. The highest BCUT2D eigenvalue weighted by molar-refractivity contribution is 5.72. The van der Waals surface area contributed by atoms with Gasteiger partial charge in [0.25, 0.3) is 0 Å². The summed E-state index contributed by atoms with van der Waals surface area (Å²) in [7, 11) is 0. The molecule has 0 radical (unpaired) electrons. The second-order valence-corrected chi connectivity index (χ2v) is 6.11. The maximum absolute atomic E-state index is 2.42. The van der Waals surface area contributed by atoms with E-state index in [4.69, 9.17) is 0 Å². The molecule has 4 rings (SSSR count). The second-order valence-electron chi connectivity index (χ2n) is 6.11. The molecule has 2 aromatic rings. The Balaban J connectivity index is 0.000000528. The summed E-state index contributed by atoms with van der Waals surface area (Å²) >= 11 is 0. The highest BCUT2D eigenvalue weighted by atomic mass is 15.4. The van der Waals surface area contributed by atoms with Crippen LogP contribution in [-0.2, 0) is 5.41 Å². The maximum Gasteiger partial charge on any atom is 0.119 e. The van der Waals surface area contributed by atoms with Gasteiger partial charge in [0.05, 0.1) is 0 Å². The van der Waals surface area contributed by atoms with Crippen molar-refractivity contribution in [2.24, 2.45) is 0 Å². The third kappa shape index (κ3) is 3.06. The molecule has 0 aliphatic carbocycles. The SMILES string of the molecule is CC.CC.CCC1(C)c2ccccc2N2C=CN(c3ccccc3)C21. The van der Waals surface area contributed by atoms with Crippen molar-refractivity contribution in [1.82, 2.24) is 0 Å². The van der Waals surface area contributed by atoms with Gasteiger partial charge in [-0.1, -0.05) is 77.9 Å². The highest BCUT2D eigenvalue weighted by Gasteiger charge is 2.50. The fourth-order valence-electron chi connectivity index (χ4n) is 3.79. The lowest BCUT2D eigenvalue weighted by Crippen LogP contribution is -2.48. The predicted molar refractivity (Wildman–Crippen MR) is 111 cm³/mol. The van der Waals surface area contributed by atoms with E-state index in [1.807, 2.05) is 27.7 Å². The Morgan fingerprint density at radius 1 is 0.800 bits per heavy atom. The minimum Gasteiger partial charge on any atom is -0.324 e. The van der Waals surface area contributed by atoms with Crippen LogP contribution >= 0.6 is 0 Å². The van der Waals surface area contributed by atoms with Crippen LogP contribution in [0.5, 0.6) is 0 Å². The Hall–Kier alpha value is -2.22. The van der Waals surface area contributed by atoms with Gasteiger partial charge in [-0.25, -0.2) is 0 Å². The van der Waals surface area contributed by atoms with Crippen molar-refractivity contribution >= 4 is 11.4 Å². The van der Waals surface area contributed by atoms with Crippen LogP contribution in [0.25, 0.3) is 0 Å². The largest absolute Gasteiger partial charge is 0.324 e. The van der Waals surface area contributed by atoms with Crippen LogP contribution in [0.4, 0.5) is 11.4 Å². The maximum atomic E-state index is 2.42. The van der Waals surface area contributed by atoms with Gasteiger partial charge >= 0.3 is 0 Å². The molecule has 2 aliphatic rings. The molecule has 25 heavy (non-hydrogen) atoms. The second kappa shape index (κ2) is 8.24. The number of hydrogen-bond acceptors (Lipinski definition) is 2. The molecule has 0 spiro atoms. The number of para-hydroxylation sites is 2. The zero-order valence-electron chi connectivity index (χ0n) is 16.5. The van der Waals surface area contributed by atoms with Crippen LogP contribution in [-0.4, -0.2) is 6.17 Å². The molecule has 0 N–H and O–H groups in total. The Labute approximate surface area is 153 Å². The topological polar surface area (TPSA) is 6.48 Å². The van der Waals surface area contributed by atoms with E-state index in [1.54, 1.807) is 0 Å². The fraction of sp³-hybridized carbons (Fsp3) is 0.391. The standard InChI is InChI=1S/C19H20N2.2C2H6/c1-3-19(2)16-11-7-8-12-17(16)21-14-13-20(18(19)21)15-9-5-4-6-10-15;2*1-2/h4-14,18H,3H2,1-2H3;2*1-2H3. The third-order valence-electron chi connectivity index (χ3n) is 5.07. The number of benzene rings is 2. The van der Waals surface area contributed by atoms with Crippen molar-refractivity contribution in [3.63, 3.8) is 0 Å². The number of hydrogen-bond donors (Lipinski definition) is 0. The molecule has 2 heteroatoms. The van der Waals surface area contributed by atoms with Crippen LogP contribution in [0.15, 0.2) is 67.0 Å². The molecule has 2 nitrogen and oxygen atoms in total. The van der Waals surface area contributed by atoms with E-state index in [1.165, 1.54) is 16.9 Å². The van der Waals surface area contributed by atoms with Crippen molar-refractivity contribution in [2.45, 2.75) is 59.5 Å². The average molecular weight is 337 g/mol. The first kappa shape index (κ1) is 19.1. The molecular weight excluding hydrogens is 304 g/mol. The van der Waals surface area contributed by atoms with E-state index >= 15 is 0 Å². The number of fused-ring (bicyclic) bond motifs is 3. The molecule has 134 valence electrons. The summed E-state index contributed by atoms with van der Waals surface area (Å²) in [6.45, 7) is 12.7. The molecule has 0 saturated carbocycles. The molecule has 0 fully saturated rings. The van der Waals surface area contributed by atoms with Gasteiger partial charge in [0.15, 0.2) is 0 Å². The van der Waals surface area contributed by atoms with Crippen molar-refractivity contribution < 1.29 is 0 Å². The lowest BCUT2D eigenvalue weighted by molar-refractivity contribution is 0.394. The predicted octanol–water partition coefficient (Wildman–Crippen LogP) is 6.54. The van der Waals surface area contributed by atoms with Gasteiger partial charge in [-0.15, -0.1) is 0 Å². The van der Waals surface area contributed by atoms with Gasteiger partial charge in [0.1, 0.15) is 6.17 Å². The monoisotopic (exact) mass is 336 g/mol. The molecule has 2 aromatic carbocycles. The van der Waals surface area contributed by atoms with E-state index in [0.717, 1.165) is 6.42 Å². The Bertz CT molecular complexity index is 692. The van der Waals surface area contributed by atoms with Gasteiger partial charge in [0.2, 0.25) is 0 Å². The minimum atomic E-state index is 0.135. The van der Waals surface area contributed by atoms with Gasteiger partial charge in [-0.05, 0) is 30.2 Å². The molecule has 0 aromatic heterocycles. The van der Waals surface area contributed by atoms with Crippen LogP contribution in [0, 0.1) is 0 Å². The van der Waals surface area contributed by atoms with Crippen LogP contribution in [0.1, 0.15) is 53.5 Å². The van der Waals surface area contributed by atoms with Gasteiger partial charge in [0, 0.05) is 29.2 Å². The smallest absolute Gasteiger partial charge is 0.119 e. The molecule has 2 unspecified atom stereocenters. The van der Waals surface area contributed by atoms with E-state index in [2.05, 4.69) is 90.6 Å². The zero-order valence-corrected chi connectivity index (χ0v) is 16.5. The molecular formula is C23H32N2. The van der Waals surface area contributed by atoms with Crippen molar-refractivity contribution in [3.05, 3.63) is 72.6 Å². The third-order valence-corrected chi connectivity index (χ3v) is 5.07. The van der Waals surface area contributed by atoms with E-state index in [0.29, 0.717) is 6.17 Å². The number of anilines is 2. The molecule has 0 saturated heterocycles. The van der Waals surface area contributed by atoms with E-state index in [-0.39, 0.29) is 5.41 Å². The summed E-state index contributed by atoms with van der Waals surface area (Å²) in [5.41, 5.74) is 4.20. The van der Waals surface area contributed by atoms with Crippen LogP contribution in [0.2, 0.25) is 0 Å². The lowest BCUT2D eigenvalue weighted by atomic mass is 9.79. The van der Waals surface area contributed by atoms with Crippen LogP contribution < -0.4 is 9.80 Å². The molecule has 0 bridgehead atoms. The summed E-state index contributed by atoms with van der Waals surface area (Å²) < 4.78 is 0. The summed E-state index contributed by atoms with van der Waals surface area (Å²) in [5, 5.41) is 0. The van der Waals surface area contributed by atoms with Crippen molar-refractivity contribution in [1.29, 1.82) is 0 Å². The van der Waals surface area contributed by atoms with Crippen molar-refractivity contribution in [3.8, 4) is 0 Å². The molecule has 0 amide bonds. The number of nitrogens with zero attached hydrogens (tertiary/aromatic N) is 2. The van der Waals surface area contributed by atoms with E-state index in [9.17, 15) is 0 Å². The Kier molecular flexibility index (Phi) is 6.30. The average Bonchev–Trinajstić information content (AvgIpc) is 3.25. The molecule has 2 aliphatic heterocycles. The zero-order chi connectivity index (χ0) is 18.4. The Morgan fingerprint density at radius 2 is 1.36 bits per heavy atom. The van der Waals surface area contributed by atoms with Gasteiger partial charge < -0.3 is 9.80 Å². The van der Waals surface area contributed by atoms with Gasteiger partial charge in [-0.2, -0.15) is 0 Å².